The van der Waals surface area contributed by atoms with Gasteiger partial charge >= 0.3 is 5.63 Å². The van der Waals surface area contributed by atoms with Gasteiger partial charge in [0.05, 0.1) is 22.2 Å². The second-order valence-corrected chi connectivity index (χ2v) is 13.2. The molecule has 0 radical (unpaired) electrons. The Kier molecular flexibility index (Phi) is 10.1. The van der Waals surface area contributed by atoms with Gasteiger partial charge in [0, 0.05) is 34.3 Å². The van der Waals surface area contributed by atoms with Crippen LogP contribution in [0.1, 0.15) is 46.4 Å². The second kappa shape index (κ2) is 15.2. The SMILES string of the molecule is O=C(Nc1ccc(Cl)cc1C(=O)N1CCCCCC1)c1cccc2ccccc12.O=c1oc(-c2cccc3ccccc23)nc2ccc(Cl)cc12. The topological polar surface area (TPSA) is 92.5 Å². The highest BCUT2D eigenvalue weighted by Crippen LogP contribution is 2.29. The summed E-state index contributed by atoms with van der Waals surface area (Å²) in [5, 5.41) is 8.22. The summed E-state index contributed by atoms with van der Waals surface area (Å²) in [5.41, 5.74) is 2.44. The third-order valence-electron chi connectivity index (χ3n) is 9.00. The molecule has 0 unspecified atom stereocenters. The third kappa shape index (κ3) is 7.50. The normalized spacial score (nSPS) is 13.0. The number of fused-ring (bicyclic) bond motifs is 3. The van der Waals surface area contributed by atoms with Gasteiger partial charge in [-0.25, -0.2) is 9.78 Å². The van der Waals surface area contributed by atoms with E-state index in [2.05, 4.69) is 10.3 Å². The summed E-state index contributed by atoms with van der Waals surface area (Å²) < 4.78 is 5.41. The fraction of sp³-hybridized carbons (Fsp3) is 0.143. The van der Waals surface area contributed by atoms with Crippen LogP contribution in [-0.4, -0.2) is 34.8 Å². The average molecular weight is 715 g/mol. The maximum Gasteiger partial charge on any atom is 0.347 e. The van der Waals surface area contributed by atoms with E-state index in [4.69, 9.17) is 27.6 Å². The highest BCUT2D eigenvalue weighted by Gasteiger charge is 2.22. The minimum atomic E-state index is -0.435. The summed E-state index contributed by atoms with van der Waals surface area (Å²) in [6.07, 6.45) is 4.29. The van der Waals surface area contributed by atoms with Crippen molar-refractivity contribution < 1.29 is 14.0 Å². The zero-order valence-electron chi connectivity index (χ0n) is 27.6. The Hall–Kier alpha value is -5.50. The number of anilines is 1. The molecule has 1 N–H and O–H groups in total. The Bertz CT molecular complexity index is 2460. The van der Waals surface area contributed by atoms with Crippen molar-refractivity contribution in [2.24, 2.45) is 0 Å². The van der Waals surface area contributed by atoms with Crippen LogP contribution >= 0.6 is 23.2 Å². The number of likely N-dealkylation sites (tertiary alicyclic amines) is 1. The zero-order chi connectivity index (χ0) is 35.3. The van der Waals surface area contributed by atoms with Crippen molar-refractivity contribution in [1.82, 2.24) is 9.88 Å². The van der Waals surface area contributed by atoms with Gasteiger partial charge in [0.25, 0.3) is 11.8 Å². The van der Waals surface area contributed by atoms with Crippen LogP contribution < -0.4 is 10.9 Å². The largest absolute Gasteiger partial charge is 0.403 e. The van der Waals surface area contributed by atoms with E-state index in [0.717, 1.165) is 65.9 Å². The van der Waals surface area contributed by atoms with Crippen molar-refractivity contribution in [1.29, 1.82) is 0 Å². The summed E-state index contributed by atoms with van der Waals surface area (Å²) in [7, 11) is 0. The first-order chi connectivity index (χ1) is 24.9. The van der Waals surface area contributed by atoms with Crippen LogP contribution in [0.15, 0.2) is 131 Å². The van der Waals surface area contributed by atoms with Crippen molar-refractivity contribution >= 4 is 73.2 Å². The number of hydrogen-bond donors (Lipinski definition) is 1. The molecule has 7 aromatic rings. The molecule has 1 aliphatic heterocycles. The van der Waals surface area contributed by atoms with Gasteiger partial charge in [0.15, 0.2) is 0 Å². The molecule has 254 valence electrons. The molecule has 7 nitrogen and oxygen atoms in total. The Morgan fingerprint density at radius 2 is 1.27 bits per heavy atom. The highest BCUT2D eigenvalue weighted by molar-refractivity contribution is 6.31. The molecule has 6 aromatic carbocycles. The fourth-order valence-corrected chi connectivity index (χ4v) is 6.78. The lowest BCUT2D eigenvalue weighted by molar-refractivity contribution is 0.0762. The van der Waals surface area contributed by atoms with Crippen LogP contribution in [0.4, 0.5) is 5.69 Å². The number of halogens is 2. The highest BCUT2D eigenvalue weighted by atomic mass is 35.5. The monoisotopic (exact) mass is 713 g/mol. The third-order valence-corrected chi connectivity index (χ3v) is 9.47. The van der Waals surface area contributed by atoms with Crippen molar-refractivity contribution in [2.75, 3.05) is 18.4 Å². The Morgan fingerprint density at radius 3 is 2.04 bits per heavy atom. The van der Waals surface area contributed by atoms with Crippen LogP contribution in [0.25, 0.3) is 43.9 Å². The predicted molar refractivity (Wildman–Crippen MR) is 206 cm³/mol. The van der Waals surface area contributed by atoms with Gasteiger partial charge < -0.3 is 14.6 Å². The summed E-state index contributed by atoms with van der Waals surface area (Å²) in [6, 6.07) is 37.2. The Morgan fingerprint density at radius 1 is 0.647 bits per heavy atom. The minimum absolute atomic E-state index is 0.0809. The van der Waals surface area contributed by atoms with Crippen LogP contribution in [-0.2, 0) is 0 Å². The molecule has 0 spiro atoms. The Balaban J connectivity index is 0.000000165. The summed E-state index contributed by atoms with van der Waals surface area (Å²) in [4.78, 5) is 44.8. The maximum atomic E-state index is 13.2. The maximum absolute atomic E-state index is 13.2. The summed E-state index contributed by atoms with van der Waals surface area (Å²) in [5.74, 6) is -0.00622. The number of aromatic nitrogens is 1. The molecule has 1 saturated heterocycles. The van der Waals surface area contributed by atoms with Gasteiger partial charge in [0.1, 0.15) is 0 Å². The van der Waals surface area contributed by atoms with Crippen molar-refractivity contribution in [3.05, 3.63) is 153 Å². The van der Waals surface area contributed by atoms with Crippen LogP contribution in [0.5, 0.6) is 0 Å². The standard InChI is InChI=1S/C24H23ClN2O2.C18H10ClNO2/c25-18-12-13-22(21(16-18)24(29)27-14-5-1-2-6-15-27)26-23(28)20-11-7-9-17-8-3-4-10-19(17)20;19-12-8-9-16-15(10-12)18(21)22-17(20-16)14-7-3-5-11-4-1-2-6-13(11)14/h3-4,7-13,16H,1-2,5-6,14-15H2,(H,26,28);1-10H. The van der Waals surface area contributed by atoms with E-state index < -0.39 is 5.63 Å². The number of amides is 2. The number of benzene rings is 6. The Labute approximate surface area is 304 Å². The fourth-order valence-electron chi connectivity index (χ4n) is 6.43. The molecule has 8 rings (SSSR count). The molecule has 1 fully saturated rings. The van der Waals surface area contributed by atoms with E-state index in [1.165, 1.54) is 0 Å². The lowest BCUT2D eigenvalue weighted by Crippen LogP contribution is -2.32. The van der Waals surface area contributed by atoms with Crippen LogP contribution in [0.3, 0.4) is 0 Å². The molecule has 0 aliphatic carbocycles. The van der Waals surface area contributed by atoms with Gasteiger partial charge in [-0.3, -0.25) is 9.59 Å². The van der Waals surface area contributed by atoms with Crippen LogP contribution in [0, 0.1) is 0 Å². The first-order valence-electron chi connectivity index (χ1n) is 16.8. The van der Waals surface area contributed by atoms with Gasteiger partial charge in [-0.15, -0.1) is 0 Å². The van der Waals surface area contributed by atoms with E-state index >= 15 is 0 Å². The molecule has 1 aromatic heterocycles. The molecule has 51 heavy (non-hydrogen) atoms. The molecule has 0 atom stereocenters. The van der Waals surface area contributed by atoms with E-state index in [1.54, 1.807) is 42.5 Å². The van der Waals surface area contributed by atoms with Crippen LogP contribution in [0.2, 0.25) is 10.0 Å². The number of carbonyl (C=O) groups is 2. The van der Waals surface area contributed by atoms with Crippen molar-refractivity contribution in [3.63, 3.8) is 0 Å². The first-order valence-corrected chi connectivity index (χ1v) is 17.6. The molecule has 2 heterocycles. The average Bonchev–Trinajstić information content (AvgIpc) is 3.45. The van der Waals surface area contributed by atoms with Gasteiger partial charge in [-0.2, -0.15) is 0 Å². The second-order valence-electron chi connectivity index (χ2n) is 12.4. The van der Waals surface area contributed by atoms with Gasteiger partial charge in [-0.1, -0.05) is 109 Å². The smallest absolute Gasteiger partial charge is 0.347 e. The number of hydrogen-bond acceptors (Lipinski definition) is 5. The molecular weight excluding hydrogens is 681 g/mol. The molecule has 1 aliphatic rings. The van der Waals surface area contributed by atoms with E-state index in [9.17, 15) is 14.4 Å². The molecule has 0 saturated carbocycles. The molecule has 2 amide bonds. The van der Waals surface area contributed by atoms with E-state index in [1.807, 2.05) is 83.8 Å². The van der Waals surface area contributed by atoms with E-state index in [0.29, 0.717) is 43.7 Å². The molecule has 0 bridgehead atoms. The first kappa shape index (κ1) is 34.0. The quantitative estimate of drug-likeness (QED) is 0.196. The number of nitrogens with one attached hydrogen (secondary N) is 1. The summed E-state index contributed by atoms with van der Waals surface area (Å²) >= 11 is 12.1. The number of carbonyl (C=O) groups excluding carboxylic acids is 2. The molecular formula is C42H33Cl2N3O4. The van der Waals surface area contributed by atoms with Crippen molar-refractivity contribution in [2.45, 2.75) is 25.7 Å². The lowest BCUT2D eigenvalue weighted by atomic mass is 10.0. The van der Waals surface area contributed by atoms with Gasteiger partial charge in [0.2, 0.25) is 5.89 Å². The van der Waals surface area contributed by atoms with Gasteiger partial charge in [-0.05, 0) is 82.9 Å². The number of rotatable bonds is 4. The predicted octanol–water partition coefficient (Wildman–Crippen LogP) is 10.4. The van der Waals surface area contributed by atoms with E-state index in [-0.39, 0.29) is 11.8 Å². The lowest BCUT2D eigenvalue weighted by Gasteiger charge is -2.22. The summed E-state index contributed by atoms with van der Waals surface area (Å²) in [6.45, 7) is 1.48. The minimum Gasteiger partial charge on any atom is -0.403 e. The van der Waals surface area contributed by atoms with Crippen molar-refractivity contribution in [3.8, 4) is 11.5 Å². The zero-order valence-corrected chi connectivity index (χ0v) is 29.1. The molecule has 9 heteroatoms. The number of nitrogens with zero attached hydrogens (tertiary/aromatic N) is 2.